The summed E-state index contributed by atoms with van der Waals surface area (Å²) in [5, 5.41) is 17.5. The molecule has 0 aliphatic rings. The molecule has 1 unspecified atom stereocenters. The number of carboxylic acid groups (broad SMARTS) is 1. The van der Waals surface area contributed by atoms with Gasteiger partial charge >= 0.3 is 5.97 Å². The highest BCUT2D eigenvalue weighted by molar-refractivity contribution is 7.99. The van der Waals surface area contributed by atoms with Crippen molar-refractivity contribution in [2.75, 3.05) is 12.4 Å². The molecule has 0 heterocycles. The van der Waals surface area contributed by atoms with Crippen LogP contribution in [0.1, 0.15) is 17.3 Å². The van der Waals surface area contributed by atoms with Crippen LogP contribution in [0, 0.1) is 11.7 Å². The minimum atomic E-state index is -1.14. The number of benzene rings is 1. The van der Waals surface area contributed by atoms with Gasteiger partial charge in [-0.05, 0) is 24.1 Å². The number of thioether (sulfide) groups is 1. The molecule has 0 aromatic heterocycles. The summed E-state index contributed by atoms with van der Waals surface area (Å²) < 4.78 is 13.4. The molecule has 0 saturated heterocycles. The van der Waals surface area contributed by atoms with Gasteiger partial charge in [-0.15, -0.1) is 11.8 Å². The highest BCUT2D eigenvalue weighted by Crippen LogP contribution is 2.24. The van der Waals surface area contributed by atoms with Gasteiger partial charge in [-0.2, -0.15) is 0 Å². The van der Waals surface area contributed by atoms with Crippen LogP contribution in [0.15, 0.2) is 23.1 Å². The molecule has 16 heavy (non-hydrogen) atoms. The van der Waals surface area contributed by atoms with Crippen molar-refractivity contribution in [2.24, 2.45) is 5.92 Å². The molecule has 0 saturated carbocycles. The molecule has 0 fully saturated rings. The predicted molar refractivity (Wildman–Crippen MR) is 60.3 cm³/mol. The summed E-state index contributed by atoms with van der Waals surface area (Å²) in [7, 11) is 0. The van der Waals surface area contributed by atoms with Gasteiger partial charge in [0.15, 0.2) is 0 Å². The summed E-state index contributed by atoms with van der Waals surface area (Å²) in [6, 6.07) is 3.83. The molecular formula is C11H13FO3S. The number of carboxylic acids is 1. The van der Waals surface area contributed by atoms with Crippen molar-refractivity contribution in [3.05, 3.63) is 29.6 Å². The number of aliphatic hydroxyl groups excluding tert-OH is 1. The monoisotopic (exact) mass is 244 g/mol. The minimum absolute atomic E-state index is 0.0574. The molecule has 1 aromatic rings. The van der Waals surface area contributed by atoms with E-state index in [-0.39, 0.29) is 18.1 Å². The first-order valence-corrected chi connectivity index (χ1v) is 5.79. The summed E-state index contributed by atoms with van der Waals surface area (Å²) in [5.74, 6) is -0.988. The van der Waals surface area contributed by atoms with Crippen molar-refractivity contribution in [2.45, 2.75) is 11.8 Å². The second kappa shape index (κ2) is 5.86. The lowest BCUT2D eigenvalue weighted by atomic mass is 10.2. The quantitative estimate of drug-likeness (QED) is 0.780. The van der Waals surface area contributed by atoms with Gasteiger partial charge in [0, 0.05) is 17.3 Å². The molecule has 0 spiro atoms. The average molecular weight is 244 g/mol. The number of aromatic carboxylic acids is 1. The van der Waals surface area contributed by atoms with E-state index in [4.69, 9.17) is 10.2 Å². The van der Waals surface area contributed by atoms with Gasteiger partial charge in [0.2, 0.25) is 0 Å². The molecule has 2 N–H and O–H groups in total. The number of aliphatic hydroxyl groups is 1. The first-order chi connectivity index (χ1) is 7.54. The Morgan fingerprint density at radius 2 is 2.25 bits per heavy atom. The van der Waals surface area contributed by atoms with Crippen LogP contribution >= 0.6 is 11.8 Å². The van der Waals surface area contributed by atoms with E-state index in [2.05, 4.69) is 0 Å². The summed E-state index contributed by atoms with van der Waals surface area (Å²) in [4.78, 5) is 11.0. The standard InChI is InChI=1S/C11H13FO3S/c1-7(5-13)6-16-10-3-2-8(11(14)15)4-9(10)12/h2-4,7,13H,5-6H2,1H3,(H,14,15). The molecule has 0 radical (unpaired) electrons. The van der Waals surface area contributed by atoms with Gasteiger partial charge in [0.1, 0.15) is 5.82 Å². The van der Waals surface area contributed by atoms with Crippen LogP contribution in [0.25, 0.3) is 0 Å². The molecule has 0 bridgehead atoms. The van der Waals surface area contributed by atoms with Crippen molar-refractivity contribution in [1.29, 1.82) is 0 Å². The Kier molecular flexibility index (Phi) is 4.76. The molecule has 3 nitrogen and oxygen atoms in total. The maximum atomic E-state index is 13.4. The van der Waals surface area contributed by atoms with E-state index in [1.54, 1.807) is 0 Å². The van der Waals surface area contributed by atoms with Crippen molar-refractivity contribution >= 4 is 17.7 Å². The van der Waals surface area contributed by atoms with Crippen LogP contribution in [-0.2, 0) is 0 Å². The highest BCUT2D eigenvalue weighted by Gasteiger charge is 2.09. The summed E-state index contributed by atoms with van der Waals surface area (Å²) in [6.07, 6.45) is 0. The van der Waals surface area contributed by atoms with E-state index >= 15 is 0 Å². The lowest BCUT2D eigenvalue weighted by molar-refractivity contribution is 0.0696. The number of hydrogen-bond acceptors (Lipinski definition) is 3. The molecule has 0 amide bonds. The zero-order chi connectivity index (χ0) is 12.1. The molecule has 1 atom stereocenters. The fraction of sp³-hybridized carbons (Fsp3) is 0.364. The third-order valence-electron chi connectivity index (χ3n) is 2.01. The van der Waals surface area contributed by atoms with Gasteiger partial charge < -0.3 is 10.2 Å². The van der Waals surface area contributed by atoms with Crippen molar-refractivity contribution in [3.63, 3.8) is 0 Å². The number of rotatable bonds is 5. The second-order valence-electron chi connectivity index (χ2n) is 3.55. The number of carbonyl (C=O) groups is 1. The first-order valence-electron chi connectivity index (χ1n) is 4.81. The minimum Gasteiger partial charge on any atom is -0.478 e. The zero-order valence-corrected chi connectivity index (χ0v) is 9.63. The Morgan fingerprint density at radius 1 is 1.56 bits per heavy atom. The van der Waals surface area contributed by atoms with Gasteiger partial charge in [0.25, 0.3) is 0 Å². The van der Waals surface area contributed by atoms with E-state index in [0.29, 0.717) is 10.6 Å². The van der Waals surface area contributed by atoms with Crippen LogP contribution in [0.2, 0.25) is 0 Å². The molecule has 1 rings (SSSR count). The van der Waals surface area contributed by atoms with Crippen molar-refractivity contribution in [1.82, 2.24) is 0 Å². The van der Waals surface area contributed by atoms with Crippen molar-refractivity contribution < 1.29 is 19.4 Å². The Morgan fingerprint density at radius 3 is 2.75 bits per heavy atom. The van der Waals surface area contributed by atoms with Gasteiger partial charge in [-0.25, -0.2) is 9.18 Å². The highest BCUT2D eigenvalue weighted by atomic mass is 32.2. The maximum absolute atomic E-state index is 13.4. The van der Waals surface area contributed by atoms with Crippen molar-refractivity contribution in [3.8, 4) is 0 Å². The normalized spacial score (nSPS) is 12.4. The lowest BCUT2D eigenvalue weighted by Gasteiger charge is -2.08. The molecule has 0 aliphatic heterocycles. The first kappa shape index (κ1) is 13.0. The Hall–Kier alpha value is -1.07. The Labute approximate surface area is 97.3 Å². The second-order valence-corrected chi connectivity index (χ2v) is 4.61. The lowest BCUT2D eigenvalue weighted by Crippen LogP contribution is -2.04. The Bertz CT molecular complexity index is 381. The van der Waals surface area contributed by atoms with Crippen LogP contribution in [0.5, 0.6) is 0 Å². The van der Waals surface area contributed by atoms with Crippen LogP contribution in [-0.4, -0.2) is 28.5 Å². The van der Waals surface area contributed by atoms with Crippen LogP contribution in [0.4, 0.5) is 4.39 Å². The molecule has 0 aliphatic carbocycles. The van der Waals surface area contributed by atoms with E-state index in [9.17, 15) is 9.18 Å². The fourth-order valence-corrected chi connectivity index (χ4v) is 1.97. The van der Waals surface area contributed by atoms with E-state index in [0.717, 1.165) is 6.07 Å². The van der Waals surface area contributed by atoms with E-state index < -0.39 is 11.8 Å². The van der Waals surface area contributed by atoms with Gasteiger partial charge in [-0.3, -0.25) is 0 Å². The van der Waals surface area contributed by atoms with Gasteiger partial charge in [0.05, 0.1) is 5.56 Å². The third-order valence-corrected chi connectivity index (χ3v) is 3.39. The SMILES string of the molecule is CC(CO)CSc1ccc(C(=O)O)cc1F. The maximum Gasteiger partial charge on any atom is 0.335 e. The smallest absolute Gasteiger partial charge is 0.335 e. The summed E-state index contributed by atoms with van der Waals surface area (Å²) in [5.41, 5.74) is -0.0583. The molecule has 88 valence electrons. The van der Waals surface area contributed by atoms with Crippen LogP contribution in [0.3, 0.4) is 0 Å². The molecule has 5 heteroatoms. The number of hydrogen-bond donors (Lipinski definition) is 2. The van der Waals surface area contributed by atoms with Gasteiger partial charge in [-0.1, -0.05) is 6.92 Å². The third kappa shape index (κ3) is 3.50. The molecule has 1 aromatic carbocycles. The summed E-state index contributed by atoms with van der Waals surface area (Å²) in [6.45, 7) is 1.92. The zero-order valence-electron chi connectivity index (χ0n) is 8.81. The summed E-state index contributed by atoms with van der Waals surface area (Å²) >= 11 is 1.27. The largest absolute Gasteiger partial charge is 0.478 e. The van der Waals surface area contributed by atoms with Crippen LogP contribution < -0.4 is 0 Å². The number of halogens is 1. The Balaban J connectivity index is 2.72. The fourth-order valence-electron chi connectivity index (χ4n) is 1.04. The average Bonchev–Trinajstić information content (AvgIpc) is 2.26. The van der Waals surface area contributed by atoms with E-state index in [1.807, 2.05) is 6.92 Å². The predicted octanol–water partition coefficient (Wildman–Crippen LogP) is 2.24. The van der Waals surface area contributed by atoms with E-state index in [1.165, 1.54) is 23.9 Å². The topological polar surface area (TPSA) is 57.5 Å². The molecular weight excluding hydrogens is 231 g/mol.